The number of nitrogens with one attached hydrogen (secondary N) is 1. The number of carbonyl (C=O) groups is 1. The van der Waals surface area contributed by atoms with E-state index in [0.717, 1.165) is 11.0 Å². The molecule has 2 N–H and O–H groups in total. The molecule has 0 aliphatic heterocycles. The first-order valence-electron chi connectivity index (χ1n) is 8.12. The van der Waals surface area contributed by atoms with Crippen molar-refractivity contribution in [1.29, 1.82) is 0 Å². The summed E-state index contributed by atoms with van der Waals surface area (Å²) in [5.74, 6) is -0.297. The molecule has 1 atom stereocenters. The molecule has 0 radical (unpaired) electrons. The van der Waals surface area contributed by atoms with E-state index in [2.05, 4.69) is 10.4 Å². The first-order valence-corrected chi connectivity index (χ1v) is 8.12. The molecule has 1 unspecified atom stereocenters. The number of fused-ring (bicyclic) bond motifs is 1. The first-order chi connectivity index (χ1) is 11.9. The Hall–Kier alpha value is -3.03. The Bertz CT molecular complexity index is 982. The number of hydrogen-bond acceptors (Lipinski definition) is 4. The minimum Gasteiger partial charge on any atom is -0.504 e. The van der Waals surface area contributed by atoms with Gasteiger partial charge in [0.1, 0.15) is 12.2 Å². The largest absolute Gasteiger partial charge is 0.504 e. The van der Waals surface area contributed by atoms with Crippen molar-refractivity contribution in [3.63, 3.8) is 0 Å². The van der Waals surface area contributed by atoms with Crippen molar-refractivity contribution < 1.29 is 9.90 Å². The van der Waals surface area contributed by atoms with Crippen molar-refractivity contribution >= 4 is 16.9 Å². The summed E-state index contributed by atoms with van der Waals surface area (Å²) >= 11 is 0. The molecule has 25 heavy (non-hydrogen) atoms. The summed E-state index contributed by atoms with van der Waals surface area (Å²) in [6.45, 7) is 4.07. The molecule has 0 saturated heterocycles. The van der Waals surface area contributed by atoms with Crippen LogP contribution in [-0.4, -0.2) is 29.9 Å². The lowest BCUT2D eigenvalue weighted by Crippen LogP contribution is -2.34. The number of rotatable bonds is 5. The molecule has 8 nitrogen and oxygen atoms in total. The summed E-state index contributed by atoms with van der Waals surface area (Å²) in [5.41, 5.74) is 1.70. The Morgan fingerprint density at radius 1 is 1.28 bits per heavy atom. The van der Waals surface area contributed by atoms with E-state index in [4.69, 9.17) is 0 Å². The van der Waals surface area contributed by atoms with E-state index in [1.54, 1.807) is 18.5 Å². The molecule has 132 valence electrons. The van der Waals surface area contributed by atoms with Gasteiger partial charge in [-0.3, -0.25) is 18.6 Å². The van der Waals surface area contributed by atoms with Gasteiger partial charge in [0.25, 0.3) is 0 Å². The Morgan fingerprint density at radius 3 is 2.48 bits per heavy atom. The average molecular weight is 343 g/mol. The lowest BCUT2D eigenvalue weighted by Gasteiger charge is -2.12. The van der Waals surface area contributed by atoms with Crippen LogP contribution in [0.25, 0.3) is 11.0 Å². The van der Waals surface area contributed by atoms with E-state index in [1.165, 1.54) is 15.4 Å². The third kappa shape index (κ3) is 3.02. The number of carbonyl (C=O) groups excluding carboxylic acids is 1. The molecule has 0 aliphatic carbocycles. The number of aryl methyl sites for hydroxylation is 2. The van der Waals surface area contributed by atoms with Gasteiger partial charge in [0.05, 0.1) is 23.3 Å². The molecule has 0 bridgehead atoms. The summed E-state index contributed by atoms with van der Waals surface area (Å²) in [5, 5.41) is 16.7. The standard InChI is InChI=1S/C17H21N5O3/c1-4-21-12-7-5-6-8-13(12)22(17(21)25)10-15(24)18-11(2)16-14(23)9-20(3)19-16/h5-9,11,23H,4,10H2,1-3H3,(H,18,24). The highest BCUT2D eigenvalue weighted by Crippen LogP contribution is 2.21. The second kappa shape index (κ2) is 6.46. The Kier molecular flexibility index (Phi) is 4.35. The number of aromatic nitrogens is 4. The molecule has 0 spiro atoms. The van der Waals surface area contributed by atoms with Gasteiger partial charge in [0.15, 0.2) is 5.75 Å². The second-order valence-electron chi connectivity index (χ2n) is 5.96. The monoisotopic (exact) mass is 343 g/mol. The first kappa shape index (κ1) is 16.8. The molecule has 1 aromatic carbocycles. The summed E-state index contributed by atoms with van der Waals surface area (Å²) in [6, 6.07) is 6.92. The molecule has 2 heterocycles. The van der Waals surface area contributed by atoms with Crippen molar-refractivity contribution in [2.45, 2.75) is 33.0 Å². The van der Waals surface area contributed by atoms with Crippen LogP contribution >= 0.6 is 0 Å². The second-order valence-corrected chi connectivity index (χ2v) is 5.96. The zero-order valence-corrected chi connectivity index (χ0v) is 14.4. The van der Waals surface area contributed by atoms with E-state index in [9.17, 15) is 14.7 Å². The molecular weight excluding hydrogens is 322 g/mol. The minimum atomic E-state index is -0.469. The lowest BCUT2D eigenvalue weighted by molar-refractivity contribution is -0.122. The number of aromatic hydroxyl groups is 1. The van der Waals surface area contributed by atoms with Gasteiger partial charge in [-0.1, -0.05) is 12.1 Å². The third-order valence-electron chi connectivity index (χ3n) is 4.17. The topological polar surface area (TPSA) is 94.1 Å². The van der Waals surface area contributed by atoms with Crippen molar-refractivity contribution in [3.8, 4) is 5.75 Å². The summed E-state index contributed by atoms with van der Waals surface area (Å²) in [6.07, 6.45) is 1.47. The van der Waals surface area contributed by atoms with E-state index in [-0.39, 0.29) is 23.9 Å². The van der Waals surface area contributed by atoms with Gasteiger partial charge in [-0.15, -0.1) is 0 Å². The predicted octanol–water partition coefficient (Wildman–Crippen LogP) is 1.14. The van der Waals surface area contributed by atoms with Crippen LogP contribution in [0.3, 0.4) is 0 Å². The van der Waals surface area contributed by atoms with Crippen molar-refractivity contribution in [2.75, 3.05) is 0 Å². The van der Waals surface area contributed by atoms with Gasteiger partial charge >= 0.3 is 5.69 Å². The number of hydrogen-bond donors (Lipinski definition) is 2. The lowest BCUT2D eigenvalue weighted by atomic mass is 10.2. The highest BCUT2D eigenvalue weighted by Gasteiger charge is 2.19. The van der Waals surface area contributed by atoms with Crippen molar-refractivity contribution in [2.24, 2.45) is 7.05 Å². The highest BCUT2D eigenvalue weighted by atomic mass is 16.3. The maximum atomic E-state index is 12.6. The Morgan fingerprint density at radius 2 is 1.92 bits per heavy atom. The number of amides is 1. The Balaban J connectivity index is 1.84. The fourth-order valence-electron chi connectivity index (χ4n) is 3.03. The summed E-state index contributed by atoms with van der Waals surface area (Å²) in [7, 11) is 1.69. The van der Waals surface area contributed by atoms with Crippen LogP contribution < -0.4 is 11.0 Å². The van der Waals surface area contributed by atoms with Crippen LogP contribution in [0, 0.1) is 0 Å². The molecule has 0 saturated carbocycles. The molecule has 3 rings (SSSR count). The fourth-order valence-corrected chi connectivity index (χ4v) is 3.03. The van der Waals surface area contributed by atoms with Crippen molar-refractivity contribution in [3.05, 3.63) is 46.6 Å². The average Bonchev–Trinajstić information content (AvgIpc) is 3.04. The van der Waals surface area contributed by atoms with E-state index < -0.39 is 6.04 Å². The number of nitrogens with zero attached hydrogens (tertiary/aromatic N) is 4. The zero-order valence-electron chi connectivity index (χ0n) is 14.4. The molecule has 0 aliphatic rings. The van der Waals surface area contributed by atoms with Crippen LogP contribution in [0.4, 0.5) is 0 Å². The smallest absolute Gasteiger partial charge is 0.329 e. The van der Waals surface area contributed by atoms with Crippen molar-refractivity contribution in [1.82, 2.24) is 24.2 Å². The number of benzene rings is 1. The number of para-hydroxylation sites is 2. The highest BCUT2D eigenvalue weighted by molar-refractivity contribution is 5.81. The molecule has 0 fully saturated rings. The SMILES string of the molecule is CCn1c(=O)n(CC(=O)NC(C)c2nn(C)cc2O)c2ccccc21. The quantitative estimate of drug-likeness (QED) is 0.726. The van der Waals surface area contributed by atoms with Gasteiger partial charge in [-0.05, 0) is 26.0 Å². The molecular formula is C17H21N5O3. The van der Waals surface area contributed by atoms with Crippen LogP contribution in [-0.2, 0) is 24.9 Å². The maximum absolute atomic E-state index is 12.6. The van der Waals surface area contributed by atoms with Crippen LogP contribution in [0.15, 0.2) is 35.3 Å². The fraction of sp³-hybridized carbons (Fsp3) is 0.353. The minimum absolute atomic E-state index is 0.0232. The maximum Gasteiger partial charge on any atom is 0.329 e. The Labute approximate surface area is 144 Å². The van der Waals surface area contributed by atoms with Crippen LogP contribution in [0.2, 0.25) is 0 Å². The van der Waals surface area contributed by atoms with Crippen LogP contribution in [0.5, 0.6) is 5.75 Å². The zero-order chi connectivity index (χ0) is 18.1. The van der Waals surface area contributed by atoms with Gasteiger partial charge in [0.2, 0.25) is 5.91 Å². The molecule has 1 amide bonds. The molecule has 2 aromatic heterocycles. The predicted molar refractivity (Wildman–Crippen MR) is 93.3 cm³/mol. The molecule has 8 heteroatoms. The van der Waals surface area contributed by atoms with E-state index in [1.807, 2.05) is 31.2 Å². The van der Waals surface area contributed by atoms with Gasteiger partial charge in [0, 0.05) is 13.6 Å². The van der Waals surface area contributed by atoms with Gasteiger partial charge in [-0.2, -0.15) is 5.10 Å². The van der Waals surface area contributed by atoms with Gasteiger partial charge in [-0.25, -0.2) is 4.79 Å². The normalized spacial score (nSPS) is 12.4. The number of imidazole rings is 1. The molecule has 3 aromatic rings. The van der Waals surface area contributed by atoms with Gasteiger partial charge < -0.3 is 10.4 Å². The van der Waals surface area contributed by atoms with Crippen LogP contribution in [0.1, 0.15) is 25.6 Å². The van der Waals surface area contributed by atoms with E-state index >= 15 is 0 Å². The van der Waals surface area contributed by atoms with E-state index in [0.29, 0.717) is 12.2 Å². The summed E-state index contributed by atoms with van der Waals surface area (Å²) in [4.78, 5) is 25.0. The third-order valence-corrected chi connectivity index (χ3v) is 4.17. The summed E-state index contributed by atoms with van der Waals surface area (Å²) < 4.78 is 4.57.